The van der Waals surface area contributed by atoms with Gasteiger partial charge in [0.05, 0.1) is 19.8 Å². The lowest BCUT2D eigenvalue weighted by Crippen LogP contribution is -2.13. The number of aliphatic hydroxyl groups is 1. The van der Waals surface area contributed by atoms with Crippen molar-refractivity contribution >= 4 is 22.0 Å². The quantitative estimate of drug-likeness (QED) is 0.541. The lowest BCUT2D eigenvalue weighted by atomic mass is 10.0. The summed E-state index contributed by atoms with van der Waals surface area (Å²) in [6.45, 7) is 1.66. The van der Waals surface area contributed by atoms with Crippen LogP contribution in [0.3, 0.4) is 0 Å². The topological polar surface area (TPSA) is 107 Å². The molecule has 0 aliphatic rings. The van der Waals surface area contributed by atoms with E-state index in [9.17, 15) is 23.1 Å². The van der Waals surface area contributed by atoms with Crippen molar-refractivity contribution in [3.05, 3.63) is 0 Å². The van der Waals surface area contributed by atoms with Gasteiger partial charge in [-0.25, -0.2) is 4.18 Å². The molecule has 0 fully saturated rings. The molecule has 124 valence electrons. The molecule has 0 saturated heterocycles. The van der Waals surface area contributed by atoms with Gasteiger partial charge in [0.25, 0.3) is 0 Å². The Bertz CT molecular complexity index is 416. The van der Waals surface area contributed by atoms with E-state index < -0.39 is 16.5 Å². The van der Waals surface area contributed by atoms with E-state index in [-0.39, 0.29) is 43.9 Å². The lowest BCUT2D eigenvalue weighted by molar-refractivity contribution is -0.124. The molecule has 0 rings (SSSR count). The van der Waals surface area contributed by atoms with Crippen molar-refractivity contribution in [1.82, 2.24) is 0 Å². The highest BCUT2D eigenvalue weighted by Gasteiger charge is 2.12. The normalized spacial score (nSPS) is 13.1. The van der Waals surface area contributed by atoms with Crippen LogP contribution in [0.2, 0.25) is 0 Å². The lowest BCUT2D eigenvalue weighted by Gasteiger charge is -2.07. The number of rotatable bonds is 13. The molecule has 0 heterocycles. The molecule has 0 bridgehead atoms. The van der Waals surface area contributed by atoms with E-state index in [1.54, 1.807) is 0 Å². The van der Waals surface area contributed by atoms with Crippen LogP contribution in [0.1, 0.15) is 51.9 Å². The second-order valence-electron chi connectivity index (χ2n) is 4.71. The molecule has 1 N–H and O–H groups in total. The Kier molecular flexibility index (Phi) is 10.4. The second kappa shape index (κ2) is 10.8. The van der Waals surface area contributed by atoms with Crippen LogP contribution in [0, 0.1) is 0 Å². The van der Waals surface area contributed by atoms with Crippen molar-refractivity contribution in [2.75, 3.05) is 13.7 Å². The molecule has 0 saturated carbocycles. The van der Waals surface area contributed by atoms with Gasteiger partial charge < -0.3 is 5.11 Å². The summed E-state index contributed by atoms with van der Waals surface area (Å²) in [7, 11) is -3.06. The molecule has 0 aliphatic heterocycles. The van der Waals surface area contributed by atoms with E-state index in [1.807, 2.05) is 6.92 Å². The Morgan fingerprint density at radius 1 is 1.05 bits per heavy atom. The van der Waals surface area contributed by atoms with Crippen LogP contribution in [-0.4, -0.2) is 44.9 Å². The predicted octanol–water partition coefficient (Wildman–Crippen LogP) is 1.14. The number of carbonyl (C=O) groups excluding carboxylic acids is 2. The number of carbonyl (C=O) groups is 2. The third-order valence-corrected chi connectivity index (χ3v) is 3.74. The third kappa shape index (κ3) is 11.5. The summed E-state index contributed by atoms with van der Waals surface area (Å²) in [5, 5.41) is 9.49. The number of aliphatic hydroxyl groups excluding tert-OH is 1. The fourth-order valence-corrected chi connectivity index (χ4v) is 2.02. The largest absolute Gasteiger partial charge is 0.399 e. The third-order valence-electron chi connectivity index (χ3n) is 2.87. The van der Waals surface area contributed by atoms with Gasteiger partial charge in [-0.05, 0) is 12.8 Å². The number of hydrogen-bond donors (Lipinski definition) is 1. The maximum Gasteiger partial charge on any atom is 0.399 e. The number of ketones is 2. The van der Waals surface area contributed by atoms with Gasteiger partial charge in [-0.3, -0.25) is 13.8 Å². The molecule has 21 heavy (non-hydrogen) atoms. The summed E-state index contributed by atoms with van der Waals surface area (Å²) in [6.07, 6.45) is 1.79. The van der Waals surface area contributed by atoms with E-state index in [4.69, 9.17) is 0 Å². The molecular weight excluding hydrogens is 300 g/mol. The molecule has 0 spiro atoms. The fourth-order valence-electron chi connectivity index (χ4n) is 1.64. The molecule has 0 aromatic carbocycles. The maximum atomic E-state index is 11.5. The Hall–Kier alpha value is -0.830. The Morgan fingerprint density at radius 2 is 1.62 bits per heavy atom. The highest BCUT2D eigenvalue weighted by Crippen LogP contribution is 2.08. The average molecular weight is 324 g/mol. The summed E-state index contributed by atoms with van der Waals surface area (Å²) in [4.78, 5) is 23.0. The summed E-state index contributed by atoms with van der Waals surface area (Å²) in [5.74, 6) is -0.326. The molecule has 1 unspecified atom stereocenters. The monoisotopic (exact) mass is 324 g/mol. The fraction of sp³-hybridized carbons (Fsp3) is 0.846. The van der Waals surface area contributed by atoms with Crippen LogP contribution >= 0.6 is 0 Å². The zero-order valence-electron chi connectivity index (χ0n) is 12.5. The van der Waals surface area contributed by atoms with Crippen molar-refractivity contribution in [2.24, 2.45) is 0 Å². The maximum absolute atomic E-state index is 11.5. The minimum Gasteiger partial charge on any atom is -0.393 e. The van der Waals surface area contributed by atoms with E-state index in [1.165, 1.54) is 0 Å². The van der Waals surface area contributed by atoms with Gasteiger partial charge in [0, 0.05) is 25.7 Å². The first-order valence-electron chi connectivity index (χ1n) is 6.97. The van der Waals surface area contributed by atoms with Gasteiger partial charge in [0.15, 0.2) is 0 Å². The first-order valence-corrected chi connectivity index (χ1v) is 8.30. The smallest absolute Gasteiger partial charge is 0.393 e. The van der Waals surface area contributed by atoms with Gasteiger partial charge in [-0.1, -0.05) is 13.3 Å². The van der Waals surface area contributed by atoms with E-state index in [0.717, 1.165) is 13.5 Å². The van der Waals surface area contributed by atoms with Gasteiger partial charge in [-0.2, -0.15) is 8.42 Å². The highest BCUT2D eigenvalue weighted by atomic mass is 32.3. The zero-order chi connectivity index (χ0) is 16.3. The van der Waals surface area contributed by atoms with Crippen LogP contribution in [0.15, 0.2) is 0 Å². The van der Waals surface area contributed by atoms with Crippen molar-refractivity contribution in [3.63, 3.8) is 0 Å². The molecule has 7 nitrogen and oxygen atoms in total. The summed E-state index contributed by atoms with van der Waals surface area (Å²) < 4.78 is 30.1. The summed E-state index contributed by atoms with van der Waals surface area (Å²) in [5.41, 5.74) is 0. The standard InChI is InChI=1S/C13H24O7S/c1-3-4-11(14)5-6-12(15)7-8-13(16)9-10-20-21(17,18)19-2/h11,14H,3-10H2,1-2H3. The first kappa shape index (κ1) is 20.2. The van der Waals surface area contributed by atoms with Crippen LogP contribution in [0.25, 0.3) is 0 Å². The molecule has 0 amide bonds. The molecular formula is C13H24O7S. The molecule has 0 aromatic heterocycles. The van der Waals surface area contributed by atoms with Crippen molar-refractivity contribution in [2.45, 2.75) is 58.0 Å². The average Bonchev–Trinajstić information content (AvgIpc) is 2.43. The zero-order valence-corrected chi connectivity index (χ0v) is 13.4. The molecule has 0 radical (unpaired) electrons. The summed E-state index contributed by atoms with van der Waals surface area (Å²) >= 11 is 0. The molecule has 8 heteroatoms. The summed E-state index contributed by atoms with van der Waals surface area (Å²) in [6, 6.07) is 0. The van der Waals surface area contributed by atoms with E-state index in [2.05, 4.69) is 8.37 Å². The van der Waals surface area contributed by atoms with Crippen molar-refractivity contribution < 1.29 is 31.5 Å². The molecule has 1 atom stereocenters. The van der Waals surface area contributed by atoms with Crippen molar-refractivity contribution in [1.29, 1.82) is 0 Å². The van der Waals surface area contributed by atoms with Gasteiger partial charge >= 0.3 is 10.4 Å². The molecule has 0 aliphatic carbocycles. The second-order valence-corrected chi connectivity index (χ2v) is 6.09. The van der Waals surface area contributed by atoms with E-state index >= 15 is 0 Å². The SMILES string of the molecule is CCCC(O)CCC(=O)CCC(=O)CCOS(=O)(=O)OC. The molecule has 0 aromatic rings. The highest BCUT2D eigenvalue weighted by molar-refractivity contribution is 7.81. The van der Waals surface area contributed by atoms with Gasteiger partial charge in [0.2, 0.25) is 0 Å². The first-order chi connectivity index (χ1) is 9.80. The van der Waals surface area contributed by atoms with Gasteiger partial charge in [-0.15, -0.1) is 0 Å². The Balaban J connectivity index is 3.75. The Labute approximate surface area is 126 Å². The Morgan fingerprint density at radius 3 is 2.14 bits per heavy atom. The minimum atomic E-state index is -4.02. The van der Waals surface area contributed by atoms with Crippen molar-refractivity contribution in [3.8, 4) is 0 Å². The van der Waals surface area contributed by atoms with Crippen LogP contribution < -0.4 is 0 Å². The predicted molar refractivity (Wildman–Crippen MR) is 75.9 cm³/mol. The van der Waals surface area contributed by atoms with E-state index in [0.29, 0.717) is 12.8 Å². The van der Waals surface area contributed by atoms with Crippen LogP contribution in [0.4, 0.5) is 0 Å². The van der Waals surface area contributed by atoms with Gasteiger partial charge in [0.1, 0.15) is 11.6 Å². The van der Waals surface area contributed by atoms with Crippen LogP contribution in [0.5, 0.6) is 0 Å². The minimum absolute atomic E-state index is 0.0547. The number of hydrogen-bond acceptors (Lipinski definition) is 7. The van der Waals surface area contributed by atoms with Crippen LogP contribution in [-0.2, 0) is 28.4 Å². The number of Topliss-reactive ketones (excluding diaryl/α,β-unsaturated/α-hetero) is 2.